The highest BCUT2D eigenvalue weighted by atomic mass is 35.5. The number of aliphatic hydroxyl groups excluding tert-OH is 2. The smallest absolute Gasteiger partial charge is 0.182 e. The molecular weight excluding hydrogens is 406 g/mol. The van der Waals surface area contributed by atoms with Crippen LogP contribution >= 0.6 is 11.6 Å². The van der Waals surface area contributed by atoms with E-state index in [-0.39, 0.29) is 43.5 Å². The molecule has 4 aliphatic carbocycles. The highest BCUT2D eigenvalue weighted by Gasteiger charge is 2.77. The zero-order valence-electron chi connectivity index (χ0n) is 16.5. The Morgan fingerprint density at radius 2 is 1.90 bits per heavy atom. The van der Waals surface area contributed by atoms with Crippen molar-refractivity contribution < 1.29 is 33.7 Å². The largest absolute Gasteiger partial charge is 0.390 e. The molecule has 0 heterocycles. The van der Waals surface area contributed by atoms with Gasteiger partial charge in [-0.25, -0.2) is 8.78 Å². The molecule has 4 rings (SSSR count). The number of allylic oxidation sites excluding steroid dienone is 1. The predicted octanol–water partition coefficient (Wildman–Crippen LogP) is 2.04. The van der Waals surface area contributed by atoms with Crippen LogP contribution in [0.4, 0.5) is 8.78 Å². The third-order valence-electron chi connectivity index (χ3n) is 8.79. The van der Waals surface area contributed by atoms with Gasteiger partial charge in [-0.15, -0.1) is 11.6 Å². The lowest BCUT2D eigenvalue weighted by atomic mass is 9.43. The first kappa shape index (κ1) is 21.3. The molecule has 0 radical (unpaired) electrons. The first-order valence-electron chi connectivity index (χ1n) is 10.1. The van der Waals surface area contributed by atoms with Crippen molar-refractivity contribution in [1.29, 1.82) is 0 Å². The number of rotatable bonds is 2. The van der Waals surface area contributed by atoms with E-state index in [1.165, 1.54) is 6.08 Å². The molecule has 0 bridgehead atoms. The Hall–Kier alpha value is -0.890. The zero-order valence-corrected chi connectivity index (χ0v) is 17.3. The number of hydrogen-bond donors (Lipinski definition) is 3. The Kier molecular flexibility index (Phi) is 4.65. The van der Waals surface area contributed by atoms with E-state index in [0.717, 1.165) is 0 Å². The van der Waals surface area contributed by atoms with Crippen LogP contribution in [0.15, 0.2) is 11.6 Å². The van der Waals surface area contributed by atoms with Gasteiger partial charge in [0.25, 0.3) is 0 Å². The van der Waals surface area contributed by atoms with Crippen LogP contribution in [0.3, 0.4) is 0 Å². The summed E-state index contributed by atoms with van der Waals surface area (Å²) in [6.07, 6.45) is -3.94. The first-order valence-corrected chi connectivity index (χ1v) is 10.7. The van der Waals surface area contributed by atoms with Crippen molar-refractivity contribution in [3.8, 4) is 0 Å². The summed E-state index contributed by atoms with van der Waals surface area (Å²) in [5.74, 6) is -3.31. The highest BCUT2D eigenvalue weighted by molar-refractivity contribution is 6.29. The second-order valence-corrected chi connectivity index (χ2v) is 10.1. The summed E-state index contributed by atoms with van der Waals surface area (Å²) in [7, 11) is 0. The molecule has 0 aliphatic heterocycles. The summed E-state index contributed by atoms with van der Waals surface area (Å²) in [5.41, 5.74) is -7.10. The molecular formula is C21H27ClF2O5. The minimum absolute atomic E-state index is 0.0665. The number of fused-ring (bicyclic) bond motifs is 5. The third kappa shape index (κ3) is 2.31. The summed E-state index contributed by atoms with van der Waals surface area (Å²) in [5, 5.41) is 32.9. The molecule has 0 saturated heterocycles. The molecule has 0 aromatic heterocycles. The lowest BCUT2D eigenvalue weighted by Gasteiger charge is -2.63. The molecule has 3 N–H and O–H groups in total. The lowest BCUT2D eigenvalue weighted by Crippen LogP contribution is -2.71. The molecule has 4 aliphatic rings. The van der Waals surface area contributed by atoms with Gasteiger partial charge in [0.2, 0.25) is 0 Å². The Balaban J connectivity index is 1.86. The fourth-order valence-corrected chi connectivity index (χ4v) is 7.38. The van der Waals surface area contributed by atoms with Crippen LogP contribution in [0.2, 0.25) is 0 Å². The Morgan fingerprint density at radius 1 is 1.24 bits per heavy atom. The van der Waals surface area contributed by atoms with Gasteiger partial charge in [0.05, 0.1) is 18.1 Å². The van der Waals surface area contributed by atoms with E-state index in [1.54, 1.807) is 13.8 Å². The minimum atomic E-state index is -2.23. The maximum atomic E-state index is 16.9. The molecule has 29 heavy (non-hydrogen) atoms. The quantitative estimate of drug-likeness (QED) is 0.580. The normalized spacial score (nSPS) is 54.3. The minimum Gasteiger partial charge on any atom is -0.390 e. The fraction of sp³-hybridized carbons (Fsp3) is 0.810. The summed E-state index contributed by atoms with van der Waals surface area (Å²) in [6, 6.07) is 0. The first-order chi connectivity index (χ1) is 13.4. The van der Waals surface area contributed by atoms with Gasteiger partial charge < -0.3 is 15.3 Å². The van der Waals surface area contributed by atoms with Crippen LogP contribution in [0.1, 0.15) is 46.0 Å². The topological polar surface area (TPSA) is 94.8 Å². The van der Waals surface area contributed by atoms with Crippen LogP contribution in [0.25, 0.3) is 0 Å². The summed E-state index contributed by atoms with van der Waals surface area (Å²) in [4.78, 5) is 24.4. The van der Waals surface area contributed by atoms with Crippen LogP contribution < -0.4 is 0 Å². The van der Waals surface area contributed by atoms with Crippen LogP contribution in [-0.2, 0) is 9.59 Å². The van der Waals surface area contributed by atoms with Crippen molar-refractivity contribution >= 4 is 23.2 Å². The van der Waals surface area contributed by atoms with Crippen molar-refractivity contribution in [3.63, 3.8) is 0 Å². The van der Waals surface area contributed by atoms with Crippen molar-refractivity contribution in [1.82, 2.24) is 0 Å². The maximum Gasteiger partial charge on any atom is 0.182 e. The van der Waals surface area contributed by atoms with Gasteiger partial charge in [-0.1, -0.05) is 13.8 Å². The van der Waals surface area contributed by atoms with Crippen LogP contribution in [0, 0.1) is 22.7 Å². The average Bonchev–Trinajstić information content (AvgIpc) is 2.86. The molecule has 3 fully saturated rings. The van der Waals surface area contributed by atoms with Gasteiger partial charge in [-0.3, -0.25) is 9.59 Å². The van der Waals surface area contributed by atoms with E-state index < -0.39 is 64.0 Å². The van der Waals surface area contributed by atoms with Gasteiger partial charge in [-0.2, -0.15) is 0 Å². The summed E-state index contributed by atoms with van der Waals surface area (Å²) in [6.45, 7) is 3.10. The fourth-order valence-electron chi connectivity index (χ4n) is 7.18. The van der Waals surface area contributed by atoms with E-state index in [2.05, 4.69) is 0 Å². The number of carbonyl (C=O) groups is 2. The van der Waals surface area contributed by atoms with E-state index in [9.17, 15) is 24.9 Å². The SMILES string of the molecule is C[C@]12CCC(=O)C=C1[C@@H](F)C[C@H]1[C@@H]3C[C@@H](O)[C@](O)(C(=O)CCl)[C@@]3(C)C[C@H](O)[C@@]12F. The molecule has 0 aromatic carbocycles. The lowest BCUT2D eigenvalue weighted by molar-refractivity contribution is -0.234. The van der Waals surface area contributed by atoms with Crippen molar-refractivity contribution in [3.05, 3.63) is 11.6 Å². The second-order valence-electron chi connectivity index (χ2n) is 9.79. The molecule has 3 saturated carbocycles. The van der Waals surface area contributed by atoms with Crippen molar-refractivity contribution in [2.45, 2.75) is 75.6 Å². The van der Waals surface area contributed by atoms with Gasteiger partial charge >= 0.3 is 0 Å². The average molecular weight is 433 g/mol. The van der Waals surface area contributed by atoms with Gasteiger partial charge in [0, 0.05) is 23.2 Å². The Bertz CT molecular complexity index is 804. The second kappa shape index (κ2) is 6.31. The molecule has 5 nitrogen and oxygen atoms in total. The van der Waals surface area contributed by atoms with Gasteiger partial charge in [0.15, 0.2) is 17.2 Å². The van der Waals surface area contributed by atoms with E-state index in [4.69, 9.17) is 11.6 Å². The number of carbonyl (C=O) groups excluding carboxylic acids is 2. The summed E-state index contributed by atoms with van der Waals surface area (Å²) < 4.78 is 32.1. The van der Waals surface area contributed by atoms with E-state index in [1.807, 2.05) is 0 Å². The number of hydrogen-bond acceptors (Lipinski definition) is 5. The number of alkyl halides is 3. The standard InChI is InChI=1S/C21H27ClF2O5/c1-18-4-3-10(25)5-13(18)14(23)6-12-11-7-15(26)21(29,17(28)9-22)19(11,2)8-16(27)20(12,18)24/h5,11-12,14-16,26-27,29H,3-4,6-9H2,1-2H3/t11-,12-,14-,15+,16-,18-,19-,20-,21-/m0/s1. The molecule has 0 unspecified atom stereocenters. The highest BCUT2D eigenvalue weighted by Crippen LogP contribution is 2.70. The molecule has 0 amide bonds. The Morgan fingerprint density at radius 3 is 2.52 bits per heavy atom. The molecule has 0 aromatic rings. The molecule has 0 spiro atoms. The third-order valence-corrected chi connectivity index (χ3v) is 9.03. The van der Waals surface area contributed by atoms with E-state index in [0.29, 0.717) is 0 Å². The molecule has 9 atom stereocenters. The predicted molar refractivity (Wildman–Crippen MR) is 101 cm³/mol. The number of halogens is 3. The summed E-state index contributed by atoms with van der Waals surface area (Å²) >= 11 is 5.67. The Labute approximate surface area is 173 Å². The number of aliphatic hydroxyl groups is 3. The van der Waals surface area contributed by atoms with Gasteiger partial charge in [0.1, 0.15) is 11.8 Å². The van der Waals surface area contributed by atoms with E-state index >= 15 is 8.78 Å². The number of ketones is 2. The van der Waals surface area contributed by atoms with Crippen LogP contribution in [-0.4, -0.2) is 62.4 Å². The van der Waals surface area contributed by atoms with Crippen molar-refractivity contribution in [2.75, 3.05) is 5.88 Å². The maximum absolute atomic E-state index is 16.9. The van der Waals surface area contributed by atoms with Gasteiger partial charge in [-0.05, 0) is 43.3 Å². The molecule has 162 valence electrons. The van der Waals surface area contributed by atoms with Crippen molar-refractivity contribution in [2.24, 2.45) is 22.7 Å². The molecule has 8 heteroatoms. The zero-order chi connectivity index (χ0) is 21.6. The monoisotopic (exact) mass is 432 g/mol. The number of Topliss-reactive ketones (excluding diaryl/α,β-unsaturated/α-hetero) is 1. The van der Waals surface area contributed by atoms with Crippen LogP contribution in [0.5, 0.6) is 0 Å².